The molecular weight excluding hydrogens is 495 g/mol. The number of nitrogens with zero attached hydrogens (tertiary/aromatic N) is 2. The minimum atomic E-state index is -0.539. The van der Waals surface area contributed by atoms with E-state index in [1.54, 1.807) is 11.5 Å². The van der Waals surface area contributed by atoms with Crippen molar-refractivity contribution in [1.29, 1.82) is 0 Å². The molecule has 1 aromatic carbocycles. The van der Waals surface area contributed by atoms with Crippen LogP contribution in [0.15, 0.2) is 59.4 Å². The Kier molecular flexibility index (Phi) is 11.2. The first kappa shape index (κ1) is 29.4. The zero-order chi connectivity index (χ0) is 27.5. The molecular formula is C27H33FN4O4S. The van der Waals surface area contributed by atoms with Crippen molar-refractivity contribution in [3.63, 3.8) is 0 Å². The second kappa shape index (κ2) is 14.1. The zero-order valence-electron chi connectivity index (χ0n) is 21.7. The third-order valence-electron chi connectivity index (χ3n) is 5.21. The van der Waals surface area contributed by atoms with Crippen molar-refractivity contribution >= 4 is 34.8 Å². The summed E-state index contributed by atoms with van der Waals surface area (Å²) in [4.78, 5) is 38.7. The summed E-state index contributed by atoms with van der Waals surface area (Å²) in [6.45, 7) is 9.72. The predicted octanol–water partition coefficient (Wildman–Crippen LogP) is 5.05. The van der Waals surface area contributed by atoms with E-state index in [0.29, 0.717) is 23.4 Å². The van der Waals surface area contributed by atoms with Crippen molar-refractivity contribution in [3.05, 3.63) is 81.2 Å². The van der Waals surface area contributed by atoms with Crippen LogP contribution in [0, 0.1) is 13.8 Å². The van der Waals surface area contributed by atoms with Crippen LogP contribution < -0.4 is 11.1 Å². The fraction of sp³-hybridized carbons (Fsp3) is 0.333. The number of halogens is 1. The number of hydrogen-bond acceptors (Lipinski definition) is 6. The van der Waals surface area contributed by atoms with Gasteiger partial charge in [-0.1, -0.05) is 49.8 Å². The molecule has 0 spiro atoms. The van der Waals surface area contributed by atoms with E-state index < -0.39 is 18.1 Å². The number of ether oxygens (including phenoxy) is 1. The fourth-order valence-corrected chi connectivity index (χ4v) is 4.01. The number of rotatable bonds is 5. The molecule has 1 aromatic heterocycles. The molecule has 1 unspecified atom stereocenters. The molecule has 1 saturated heterocycles. The summed E-state index contributed by atoms with van der Waals surface area (Å²) in [6.07, 6.45) is 4.37. The zero-order valence-corrected chi connectivity index (χ0v) is 22.5. The third-order valence-corrected chi connectivity index (χ3v) is 5.98. The maximum absolute atomic E-state index is 14.8. The van der Waals surface area contributed by atoms with E-state index in [0.717, 1.165) is 16.1 Å². The topological polar surface area (TPSA) is 115 Å². The first-order valence-electron chi connectivity index (χ1n) is 11.9. The van der Waals surface area contributed by atoms with E-state index in [2.05, 4.69) is 10.3 Å². The molecule has 0 saturated carbocycles. The smallest absolute Gasteiger partial charge is 0.414 e. The summed E-state index contributed by atoms with van der Waals surface area (Å²) in [5.41, 5.74) is 8.25. The Balaban J connectivity index is 0.000000367. The number of amides is 3. The Bertz CT molecular complexity index is 1200. The number of nitrogens with one attached hydrogen (secondary N) is 1. The highest BCUT2D eigenvalue weighted by atomic mass is 32.1. The second-order valence-electron chi connectivity index (χ2n) is 8.04. The van der Waals surface area contributed by atoms with Crippen LogP contribution in [0.1, 0.15) is 53.8 Å². The lowest BCUT2D eigenvalue weighted by Crippen LogP contribution is -2.33. The van der Waals surface area contributed by atoms with Gasteiger partial charge in [-0.3, -0.25) is 14.5 Å². The van der Waals surface area contributed by atoms with Gasteiger partial charge in [-0.05, 0) is 43.6 Å². The lowest BCUT2D eigenvalue weighted by molar-refractivity contribution is -0.119. The monoisotopic (exact) mass is 528 g/mol. The molecule has 3 N–H and O–H groups in total. The summed E-state index contributed by atoms with van der Waals surface area (Å²) in [6, 6.07) is 7.67. The van der Waals surface area contributed by atoms with Crippen LogP contribution in [0.2, 0.25) is 0 Å². The molecule has 3 amide bonds. The highest BCUT2D eigenvalue weighted by Crippen LogP contribution is 2.30. The number of nitrogens with two attached hydrogens (primary N) is 1. The van der Waals surface area contributed by atoms with Crippen LogP contribution in [-0.2, 0) is 9.53 Å². The number of aryl methyl sites for hydroxylation is 2. The van der Waals surface area contributed by atoms with E-state index in [1.165, 1.54) is 29.2 Å². The lowest BCUT2D eigenvalue weighted by Gasteiger charge is -2.13. The lowest BCUT2D eigenvalue weighted by atomic mass is 10.0. The van der Waals surface area contributed by atoms with Gasteiger partial charge in [0.25, 0.3) is 5.91 Å². The fourth-order valence-electron chi connectivity index (χ4n) is 3.41. The van der Waals surface area contributed by atoms with Crippen molar-refractivity contribution in [2.24, 2.45) is 5.73 Å². The first-order valence-corrected chi connectivity index (χ1v) is 12.8. The molecule has 2 aromatic rings. The van der Waals surface area contributed by atoms with E-state index in [4.69, 9.17) is 10.5 Å². The van der Waals surface area contributed by atoms with Crippen molar-refractivity contribution in [3.8, 4) is 0 Å². The largest absolute Gasteiger partial charge is 0.442 e. The molecule has 1 atom stereocenters. The van der Waals surface area contributed by atoms with E-state index in [1.807, 2.05) is 58.0 Å². The molecule has 8 nitrogen and oxygen atoms in total. The Morgan fingerprint density at radius 3 is 2.46 bits per heavy atom. The number of thiazole rings is 1. The van der Waals surface area contributed by atoms with Gasteiger partial charge >= 0.3 is 6.09 Å². The Labute approximate surface area is 220 Å². The van der Waals surface area contributed by atoms with E-state index >= 15 is 0 Å². The first-order chi connectivity index (χ1) is 17.6. The summed E-state index contributed by atoms with van der Waals surface area (Å²) in [5.74, 6) is -1.02. The van der Waals surface area contributed by atoms with E-state index in [-0.39, 0.29) is 24.8 Å². The minimum Gasteiger partial charge on any atom is -0.442 e. The van der Waals surface area contributed by atoms with Gasteiger partial charge < -0.3 is 15.8 Å². The van der Waals surface area contributed by atoms with Crippen LogP contribution in [0.25, 0.3) is 5.57 Å². The van der Waals surface area contributed by atoms with E-state index in [9.17, 15) is 18.8 Å². The van der Waals surface area contributed by atoms with Gasteiger partial charge in [0.05, 0.1) is 18.1 Å². The number of cyclic esters (lactones) is 1. The summed E-state index contributed by atoms with van der Waals surface area (Å²) in [5, 5.41) is 5.14. The summed E-state index contributed by atoms with van der Waals surface area (Å²) < 4.78 is 20.0. The molecule has 198 valence electrons. The van der Waals surface area contributed by atoms with Gasteiger partial charge in [0, 0.05) is 18.0 Å². The molecule has 0 radical (unpaired) electrons. The highest BCUT2D eigenvalue weighted by molar-refractivity contribution is 7.09. The maximum Gasteiger partial charge on any atom is 0.414 e. The minimum absolute atomic E-state index is 0.190. The molecule has 1 fully saturated rings. The number of allylic oxidation sites excluding steroid dienone is 5. The number of aromatic nitrogens is 1. The Hall–Kier alpha value is -3.79. The van der Waals surface area contributed by atoms with Crippen LogP contribution in [0.3, 0.4) is 0 Å². The second-order valence-corrected chi connectivity index (χ2v) is 9.10. The number of primary amides is 1. The molecule has 1 aliphatic carbocycles. The van der Waals surface area contributed by atoms with Crippen LogP contribution >= 0.6 is 11.3 Å². The van der Waals surface area contributed by atoms with Crippen LogP contribution in [-0.4, -0.2) is 47.0 Å². The molecule has 2 heterocycles. The molecule has 37 heavy (non-hydrogen) atoms. The standard InChI is InChI=1S/C20H21FN2O3.C5H6N2OS.C2H6/c1-13-6-8-15(9-7-13)18-5-3-4-16(10-19(18)21)23-12-17(26-20(23)25)11-22-14(2)24;1-3-7-4(2-9-3)5(6)8;1-2/h3-4,6-10,17H,5,11-12H2,1-2H3,(H,22,24);2H,1H3,(H2,6,8);1-2H3. The van der Waals surface area contributed by atoms with Gasteiger partial charge in [0.1, 0.15) is 17.6 Å². The van der Waals surface area contributed by atoms with Crippen molar-refractivity contribution in [1.82, 2.24) is 15.2 Å². The SMILES string of the molecule is CC.CC(=O)NCC1CN(C2=CC(F)=C(c3ccc(C)cc3)CC=C2)C(=O)O1.Cc1nc(C(N)=O)cs1. The number of benzene rings is 1. The molecule has 1 aliphatic heterocycles. The average molecular weight is 529 g/mol. The Morgan fingerprint density at radius 2 is 1.92 bits per heavy atom. The number of carbonyl (C=O) groups excluding carboxylic acids is 3. The number of hydrogen-bond donors (Lipinski definition) is 2. The molecule has 4 rings (SSSR count). The van der Waals surface area contributed by atoms with Gasteiger partial charge in [0.15, 0.2) is 0 Å². The maximum atomic E-state index is 14.8. The van der Waals surface area contributed by atoms with Gasteiger partial charge in [0.2, 0.25) is 5.91 Å². The van der Waals surface area contributed by atoms with Gasteiger partial charge in [-0.15, -0.1) is 11.3 Å². The van der Waals surface area contributed by atoms with Crippen molar-refractivity contribution < 1.29 is 23.5 Å². The normalized spacial score (nSPS) is 16.5. The quantitative estimate of drug-likeness (QED) is 0.563. The van der Waals surface area contributed by atoms with Crippen molar-refractivity contribution in [2.45, 2.75) is 47.1 Å². The predicted molar refractivity (Wildman–Crippen MR) is 143 cm³/mol. The molecule has 0 bridgehead atoms. The number of carbonyl (C=O) groups is 3. The summed E-state index contributed by atoms with van der Waals surface area (Å²) in [7, 11) is 0. The van der Waals surface area contributed by atoms with Crippen LogP contribution in [0.4, 0.5) is 9.18 Å². The molecule has 10 heteroatoms. The molecule has 2 aliphatic rings. The Morgan fingerprint density at radius 1 is 1.24 bits per heavy atom. The third kappa shape index (κ3) is 8.68. The average Bonchev–Trinajstić information content (AvgIpc) is 3.42. The van der Waals surface area contributed by atoms with Gasteiger partial charge in [-0.25, -0.2) is 14.2 Å². The van der Waals surface area contributed by atoms with Crippen molar-refractivity contribution in [2.75, 3.05) is 13.1 Å². The summed E-state index contributed by atoms with van der Waals surface area (Å²) >= 11 is 1.42. The highest BCUT2D eigenvalue weighted by Gasteiger charge is 2.33. The van der Waals surface area contributed by atoms with Crippen LogP contribution in [0.5, 0.6) is 0 Å². The van der Waals surface area contributed by atoms with Gasteiger partial charge in [-0.2, -0.15) is 0 Å².